The predicted molar refractivity (Wildman–Crippen MR) is 75.0 cm³/mol. The summed E-state index contributed by atoms with van der Waals surface area (Å²) < 4.78 is 24.1. The molecular formula is C14H18N2O3S. The number of carbonyl (C=O) groups excluding carboxylic acids is 1. The molecule has 2 unspecified atom stereocenters. The first-order valence-electron chi connectivity index (χ1n) is 6.93. The molecule has 0 spiro atoms. The second-order valence-electron chi connectivity index (χ2n) is 5.35. The van der Waals surface area contributed by atoms with Gasteiger partial charge in [0.15, 0.2) is 9.84 Å². The number of rotatable bonds is 2. The Morgan fingerprint density at radius 3 is 2.75 bits per heavy atom. The third kappa shape index (κ3) is 2.45. The minimum absolute atomic E-state index is 0.0159. The number of piperidine rings is 1. The van der Waals surface area contributed by atoms with Gasteiger partial charge in [-0.1, -0.05) is 18.2 Å². The van der Waals surface area contributed by atoms with Crippen LogP contribution in [0.25, 0.3) is 0 Å². The Bertz CT molecular complexity index is 627. The van der Waals surface area contributed by atoms with Crippen LogP contribution >= 0.6 is 0 Å². The first-order chi connectivity index (χ1) is 9.58. The van der Waals surface area contributed by atoms with Crippen molar-refractivity contribution < 1.29 is 13.2 Å². The van der Waals surface area contributed by atoms with E-state index in [4.69, 9.17) is 0 Å². The summed E-state index contributed by atoms with van der Waals surface area (Å²) in [5, 5.41) is 6.17. The summed E-state index contributed by atoms with van der Waals surface area (Å²) in [5.41, 5.74) is 0.789. The molecule has 1 aromatic rings. The maximum absolute atomic E-state index is 12.1. The summed E-state index contributed by atoms with van der Waals surface area (Å²) in [6.07, 6.45) is 2.27. The molecule has 1 amide bonds. The molecule has 2 aliphatic rings. The van der Waals surface area contributed by atoms with Gasteiger partial charge in [0.1, 0.15) is 0 Å². The molecule has 108 valence electrons. The molecule has 1 aromatic carbocycles. The van der Waals surface area contributed by atoms with Crippen LogP contribution in [-0.4, -0.2) is 32.7 Å². The number of hydrogen-bond acceptors (Lipinski definition) is 4. The fraction of sp³-hybridized carbons (Fsp3) is 0.500. The third-order valence-electron chi connectivity index (χ3n) is 3.99. The van der Waals surface area contributed by atoms with E-state index in [1.54, 1.807) is 12.1 Å². The van der Waals surface area contributed by atoms with Crippen LogP contribution in [-0.2, 0) is 14.6 Å². The van der Waals surface area contributed by atoms with E-state index in [2.05, 4.69) is 10.6 Å². The fourth-order valence-corrected chi connectivity index (χ4v) is 4.56. The van der Waals surface area contributed by atoms with Gasteiger partial charge in [-0.3, -0.25) is 10.1 Å². The number of fused-ring (bicyclic) bond motifs is 1. The lowest BCUT2D eigenvalue weighted by Gasteiger charge is -2.31. The number of benzene rings is 1. The minimum atomic E-state index is -3.17. The van der Waals surface area contributed by atoms with Crippen LogP contribution in [0.1, 0.15) is 30.9 Å². The van der Waals surface area contributed by atoms with Crippen LogP contribution in [0.4, 0.5) is 0 Å². The summed E-state index contributed by atoms with van der Waals surface area (Å²) in [4.78, 5) is 12.2. The van der Waals surface area contributed by atoms with Crippen molar-refractivity contribution in [3.05, 3.63) is 29.8 Å². The average molecular weight is 294 g/mol. The van der Waals surface area contributed by atoms with Crippen LogP contribution in [0.2, 0.25) is 0 Å². The van der Waals surface area contributed by atoms with Gasteiger partial charge in [0.05, 0.1) is 16.7 Å². The highest BCUT2D eigenvalue weighted by Gasteiger charge is 2.33. The molecule has 3 rings (SSSR count). The molecule has 6 heteroatoms. The van der Waals surface area contributed by atoms with Crippen molar-refractivity contribution in [2.45, 2.75) is 36.2 Å². The Labute approximate surface area is 118 Å². The normalized spacial score (nSPS) is 28.5. The van der Waals surface area contributed by atoms with Gasteiger partial charge < -0.3 is 5.32 Å². The molecule has 0 saturated carbocycles. The molecule has 0 bridgehead atoms. The Balaban J connectivity index is 1.87. The van der Waals surface area contributed by atoms with Crippen molar-refractivity contribution in [1.29, 1.82) is 0 Å². The van der Waals surface area contributed by atoms with Gasteiger partial charge in [-0.15, -0.1) is 0 Å². The first kappa shape index (κ1) is 13.6. The van der Waals surface area contributed by atoms with E-state index < -0.39 is 9.84 Å². The van der Waals surface area contributed by atoms with Crippen molar-refractivity contribution >= 4 is 15.7 Å². The standard InChI is InChI=1S/C14H18N2O3S/c17-14-12(5-3-8-15-14)16-11-7-9-20(18,19)13-6-2-1-4-10(11)13/h1-2,4,6,11-12,16H,3,5,7-9H2,(H,15,17). The van der Waals surface area contributed by atoms with Crippen molar-refractivity contribution in [2.75, 3.05) is 12.3 Å². The predicted octanol–water partition coefficient (Wildman–Crippen LogP) is 0.773. The lowest BCUT2D eigenvalue weighted by atomic mass is 10.00. The lowest BCUT2D eigenvalue weighted by molar-refractivity contribution is -0.124. The van der Waals surface area contributed by atoms with Crippen LogP contribution in [0.5, 0.6) is 0 Å². The first-order valence-corrected chi connectivity index (χ1v) is 8.58. The second kappa shape index (κ2) is 5.18. The van der Waals surface area contributed by atoms with Crippen LogP contribution in [0, 0.1) is 0 Å². The molecule has 2 N–H and O–H groups in total. The van der Waals surface area contributed by atoms with Crippen LogP contribution in [0.15, 0.2) is 29.2 Å². The van der Waals surface area contributed by atoms with Crippen LogP contribution in [0.3, 0.4) is 0 Å². The Kier molecular flexibility index (Phi) is 3.52. The number of carbonyl (C=O) groups is 1. The average Bonchev–Trinajstić information content (AvgIpc) is 2.44. The van der Waals surface area contributed by atoms with E-state index in [1.807, 2.05) is 12.1 Å². The third-order valence-corrected chi connectivity index (χ3v) is 5.81. The van der Waals surface area contributed by atoms with Gasteiger partial charge in [0, 0.05) is 12.6 Å². The highest BCUT2D eigenvalue weighted by Crippen LogP contribution is 2.32. The number of hydrogen-bond donors (Lipinski definition) is 2. The Hall–Kier alpha value is -1.40. The molecule has 2 atom stereocenters. The highest BCUT2D eigenvalue weighted by atomic mass is 32.2. The molecular weight excluding hydrogens is 276 g/mol. The van der Waals surface area contributed by atoms with Gasteiger partial charge in [-0.05, 0) is 30.9 Å². The lowest BCUT2D eigenvalue weighted by Crippen LogP contribution is -2.50. The van der Waals surface area contributed by atoms with E-state index in [-0.39, 0.29) is 23.7 Å². The Morgan fingerprint density at radius 2 is 1.95 bits per heavy atom. The Morgan fingerprint density at radius 1 is 1.15 bits per heavy atom. The van der Waals surface area contributed by atoms with Crippen molar-refractivity contribution in [2.24, 2.45) is 0 Å². The van der Waals surface area contributed by atoms with Crippen molar-refractivity contribution in [1.82, 2.24) is 10.6 Å². The fourth-order valence-electron chi connectivity index (χ4n) is 2.94. The zero-order valence-electron chi connectivity index (χ0n) is 11.1. The van der Waals surface area contributed by atoms with Crippen molar-refractivity contribution in [3.8, 4) is 0 Å². The molecule has 2 aliphatic heterocycles. The number of nitrogens with one attached hydrogen (secondary N) is 2. The summed E-state index contributed by atoms with van der Waals surface area (Å²) >= 11 is 0. The molecule has 1 saturated heterocycles. The minimum Gasteiger partial charge on any atom is -0.355 e. The number of sulfone groups is 1. The van der Waals surface area contributed by atoms with Gasteiger partial charge in [-0.2, -0.15) is 0 Å². The maximum Gasteiger partial charge on any atom is 0.237 e. The van der Waals surface area contributed by atoms with E-state index in [0.29, 0.717) is 11.3 Å². The number of amides is 1. The summed E-state index contributed by atoms with van der Waals surface area (Å²) in [7, 11) is -3.17. The molecule has 1 fully saturated rings. The van der Waals surface area contributed by atoms with E-state index in [1.165, 1.54) is 0 Å². The zero-order valence-corrected chi connectivity index (χ0v) is 11.9. The smallest absolute Gasteiger partial charge is 0.237 e. The second-order valence-corrected chi connectivity index (χ2v) is 7.43. The molecule has 20 heavy (non-hydrogen) atoms. The van der Waals surface area contributed by atoms with Crippen molar-refractivity contribution in [3.63, 3.8) is 0 Å². The van der Waals surface area contributed by atoms with E-state index in [9.17, 15) is 13.2 Å². The SMILES string of the molecule is O=C1NCCCC1NC1CCS(=O)(=O)c2ccccc21. The molecule has 0 aromatic heterocycles. The topological polar surface area (TPSA) is 75.3 Å². The zero-order chi connectivity index (χ0) is 14.2. The highest BCUT2D eigenvalue weighted by molar-refractivity contribution is 7.91. The maximum atomic E-state index is 12.1. The van der Waals surface area contributed by atoms with Crippen LogP contribution < -0.4 is 10.6 Å². The van der Waals surface area contributed by atoms with Gasteiger partial charge >= 0.3 is 0 Å². The molecule has 0 aliphatic carbocycles. The molecule has 5 nitrogen and oxygen atoms in total. The van der Waals surface area contributed by atoms with Gasteiger partial charge in [0.2, 0.25) is 5.91 Å². The summed E-state index contributed by atoms with van der Waals surface area (Å²) in [6, 6.07) is 6.79. The quantitative estimate of drug-likeness (QED) is 0.845. The van der Waals surface area contributed by atoms with Gasteiger partial charge in [0.25, 0.3) is 0 Å². The van der Waals surface area contributed by atoms with E-state index >= 15 is 0 Å². The van der Waals surface area contributed by atoms with Gasteiger partial charge in [-0.25, -0.2) is 8.42 Å². The summed E-state index contributed by atoms with van der Waals surface area (Å²) in [6.45, 7) is 0.729. The molecule has 2 heterocycles. The van der Waals surface area contributed by atoms with E-state index in [0.717, 1.165) is 24.9 Å². The summed E-state index contributed by atoms with van der Waals surface area (Å²) in [5.74, 6) is 0.151. The molecule has 0 radical (unpaired) electrons. The monoisotopic (exact) mass is 294 g/mol. The largest absolute Gasteiger partial charge is 0.355 e.